The van der Waals surface area contributed by atoms with Crippen molar-refractivity contribution in [1.82, 2.24) is 0 Å². The number of nitrogens with two attached hydrogens (primary N) is 1. The van der Waals surface area contributed by atoms with Crippen molar-refractivity contribution in [1.29, 1.82) is 0 Å². The fourth-order valence-electron chi connectivity index (χ4n) is 1.30. The topological polar surface area (TPSA) is 52.3 Å². The van der Waals surface area contributed by atoms with Crippen LogP contribution in [0.1, 0.15) is 18.5 Å². The first kappa shape index (κ1) is 15.1. The second-order valence-corrected chi connectivity index (χ2v) is 4.33. The van der Waals surface area contributed by atoms with Crippen molar-refractivity contribution in [2.45, 2.75) is 18.9 Å². The summed E-state index contributed by atoms with van der Waals surface area (Å²) < 4.78 is 31.6. The Morgan fingerprint density at radius 3 is 2.61 bits per heavy atom. The number of halogens is 4. The molecule has 0 spiro atoms. The Labute approximate surface area is 113 Å². The fraction of sp³-hybridized carbons (Fsp3) is 0.364. The van der Waals surface area contributed by atoms with Crippen molar-refractivity contribution in [2.24, 2.45) is 5.73 Å². The minimum atomic E-state index is -3.85. The maximum absolute atomic E-state index is 13.7. The molecule has 0 aliphatic rings. The van der Waals surface area contributed by atoms with Gasteiger partial charge in [-0.2, -0.15) is 8.78 Å². The third-order valence-corrected chi connectivity index (χ3v) is 2.80. The van der Waals surface area contributed by atoms with Crippen LogP contribution >= 0.6 is 23.2 Å². The summed E-state index contributed by atoms with van der Waals surface area (Å²) in [5.74, 6) is -5.53. The maximum atomic E-state index is 13.7. The number of alkyl halides is 2. The molecule has 1 aromatic rings. The molecule has 0 saturated heterocycles. The van der Waals surface area contributed by atoms with E-state index in [0.717, 1.165) is 0 Å². The highest BCUT2D eigenvalue weighted by Crippen LogP contribution is 2.35. The molecule has 0 unspecified atom stereocenters. The average molecular weight is 298 g/mol. The Hall–Kier alpha value is -0.910. The molecule has 7 heteroatoms. The van der Waals surface area contributed by atoms with Crippen LogP contribution in [0.15, 0.2) is 18.2 Å². The Balaban J connectivity index is 3.05. The van der Waals surface area contributed by atoms with Crippen LogP contribution in [0.3, 0.4) is 0 Å². The zero-order valence-corrected chi connectivity index (χ0v) is 10.9. The summed E-state index contributed by atoms with van der Waals surface area (Å²) in [7, 11) is 0. The largest absolute Gasteiger partial charge is 0.462 e. The van der Waals surface area contributed by atoms with E-state index in [1.807, 2.05) is 0 Å². The first-order valence-corrected chi connectivity index (χ1v) is 5.81. The van der Waals surface area contributed by atoms with Crippen LogP contribution in [0.4, 0.5) is 8.78 Å². The Bertz CT molecular complexity index is 455. The number of carbonyl (C=O) groups is 1. The molecule has 0 heterocycles. The second-order valence-electron chi connectivity index (χ2n) is 3.49. The van der Waals surface area contributed by atoms with Gasteiger partial charge < -0.3 is 10.5 Å². The lowest BCUT2D eigenvalue weighted by Crippen LogP contribution is -2.41. The highest BCUT2D eigenvalue weighted by Gasteiger charge is 2.48. The van der Waals surface area contributed by atoms with Crippen molar-refractivity contribution < 1.29 is 18.3 Å². The molecule has 0 aliphatic carbocycles. The zero-order valence-electron chi connectivity index (χ0n) is 9.42. The zero-order chi connectivity index (χ0) is 13.9. The Morgan fingerprint density at radius 1 is 1.50 bits per heavy atom. The molecule has 0 aromatic heterocycles. The minimum absolute atomic E-state index is 0.0287. The predicted molar refractivity (Wildman–Crippen MR) is 65.0 cm³/mol. The van der Waals surface area contributed by atoms with Gasteiger partial charge in [-0.15, -0.1) is 0 Å². The maximum Gasteiger partial charge on any atom is 0.379 e. The summed E-state index contributed by atoms with van der Waals surface area (Å²) in [6.45, 7) is 1.27. The van der Waals surface area contributed by atoms with Crippen molar-refractivity contribution >= 4 is 29.2 Å². The molecule has 0 radical (unpaired) electrons. The number of ether oxygens (including phenoxy) is 1. The van der Waals surface area contributed by atoms with Crippen molar-refractivity contribution in [3.8, 4) is 0 Å². The van der Waals surface area contributed by atoms with Crippen LogP contribution < -0.4 is 5.73 Å². The molecular weight excluding hydrogens is 287 g/mol. The molecule has 3 nitrogen and oxygen atoms in total. The van der Waals surface area contributed by atoms with E-state index >= 15 is 0 Å². The van der Waals surface area contributed by atoms with Gasteiger partial charge in [0.05, 0.1) is 6.61 Å². The van der Waals surface area contributed by atoms with E-state index in [2.05, 4.69) is 4.74 Å². The minimum Gasteiger partial charge on any atom is -0.462 e. The Kier molecular flexibility index (Phi) is 4.90. The quantitative estimate of drug-likeness (QED) is 0.868. The lowest BCUT2D eigenvalue weighted by molar-refractivity contribution is -0.174. The smallest absolute Gasteiger partial charge is 0.379 e. The van der Waals surface area contributed by atoms with Gasteiger partial charge in [0.2, 0.25) is 0 Å². The summed E-state index contributed by atoms with van der Waals surface area (Å²) in [5, 5.41) is 0.259. The number of hydrogen-bond acceptors (Lipinski definition) is 3. The van der Waals surface area contributed by atoms with Crippen molar-refractivity contribution in [3.05, 3.63) is 33.8 Å². The van der Waals surface area contributed by atoms with Crippen LogP contribution in [0.2, 0.25) is 10.0 Å². The van der Waals surface area contributed by atoms with E-state index in [0.29, 0.717) is 0 Å². The number of hydrogen-bond donors (Lipinski definition) is 1. The first-order valence-electron chi connectivity index (χ1n) is 5.06. The SMILES string of the molecule is CCOC(=O)C(F)(F)[C@H](N)c1ccc(Cl)cc1Cl. The summed E-state index contributed by atoms with van der Waals surface area (Å²) >= 11 is 11.4. The fourth-order valence-corrected chi connectivity index (χ4v) is 1.83. The summed E-state index contributed by atoms with van der Waals surface area (Å²) in [4.78, 5) is 11.1. The van der Waals surface area contributed by atoms with Gasteiger partial charge in [-0.25, -0.2) is 4.79 Å². The lowest BCUT2D eigenvalue weighted by Gasteiger charge is -2.22. The van der Waals surface area contributed by atoms with Crippen LogP contribution in [0.5, 0.6) is 0 Å². The molecule has 1 aromatic carbocycles. The van der Waals surface area contributed by atoms with Crippen molar-refractivity contribution in [2.75, 3.05) is 6.61 Å². The van der Waals surface area contributed by atoms with Crippen LogP contribution in [-0.4, -0.2) is 18.5 Å². The number of rotatable bonds is 4. The number of carbonyl (C=O) groups excluding carboxylic acids is 1. The third kappa shape index (κ3) is 3.10. The molecule has 0 aliphatic heterocycles. The molecule has 100 valence electrons. The van der Waals surface area contributed by atoms with Crippen LogP contribution in [0, 0.1) is 0 Å². The van der Waals surface area contributed by atoms with Crippen LogP contribution in [-0.2, 0) is 9.53 Å². The molecule has 1 atom stereocenters. The van der Waals surface area contributed by atoms with Gasteiger partial charge in [0.1, 0.15) is 6.04 Å². The van der Waals surface area contributed by atoms with E-state index in [4.69, 9.17) is 28.9 Å². The Morgan fingerprint density at radius 2 is 2.11 bits per heavy atom. The third-order valence-electron chi connectivity index (χ3n) is 2.24. The number of benzene rings is 1. The van der Waals surface area contributed by atoms with E-state index in [9.17, 15) is 13.6 Å². The normalized spacial score (nSPS) is 13.2. The molecule has 0 fully saturated rings. The predicted octanol–water partition coefficient (Wildman–Crippen LogP) is 3.19. The van der Waals surface area contributed by atoms with Gasteiger partial charge >= 0.3 is 11.9 Å². The molecule has 2 N–H and O–H groups in total. The second kappa shape index (κ2) is 5.82. The molecule has 18 heavy (non-hydrogen) atoms. The standard InChI is InChI=1S/C11H11Cl2F2NO2/c1-2-18-10(17)11(14,15)9(16)7-4-3-6(12)5-8(7)13/h3-5,9H,2,16H2,1H3/t9-/m1/s1. The molecule has 1 rings (SSSR count). The molecular formula is C11H11Cl2F2NO2. The van der Waals surface area contributed by atoms with Gasteiger partial charge in [-0.1, -0.05) is 29.3 Å². The first-order chi connectivity index (χ1) is 8.30. The summed E-state index contributed by atoms with van der Waals surface area (Å²) in [6.07, 6.45) is 0. The monoisotopic (exact) mass is 297 g/mol. The molecule has 0 saturated carbocycles. The van der Waals surface area contributed by atoms with E-state index in [1.165, 1.54) is 25.1 Å². The average Bonchev–Trinajstić information content (AvgIpc) is 2.28. The molecule has 0 amide bonds. The van der Waals surface area contributed by atoms with Gasteiger partial charge in [0, 0.05) is 10.0 Å². The summed E-state index contributed by atoms with van der Waals surface area (Å²) in [6, 6.07) is 2.01. The van der Waals surface area contributed by atoms with Crippen molar-refractivity contribution in [3.63, 3.8) is 0 Å². The number of esters is 1. The van der Waals surface area contributed by atoms with Gasteiger partial charge in [0.25, 0.3) is 0 Å². The van der Waals surface area contributed by atoms with E-state index in [1.54, 1.807) is 0 Å². The molecule has 0 bridgehead atoms. The lowest BCUT2D eigenvalue weighted by atomic mass is 10.0. The van der Waals surface area contributed by atoms with Gasteiger partial charge in [-0.05, 0) is 24.6 Å². The van der Waals surface area contributed by atoms with Crippen LogP contribution in [0.25, 0.3) is 0 Å². The van der Waals surface area contributed by atoms with E-state index < -0.39 is 17.9 Å². The van der Waals surface area contributed by atoms with E-state index in [-0.39, 0.29) is 22.2 Å². The highest BCUT2D eigenvalue weighted by molar-refractivity contribution is 6.35. The highest BCUT2D eigenvalue weighted by atomic mass is 35.5. The summed E-state index contributed by atoms with van der Waals surface area (Å²) in [5.41, 5.74) is 5.31. The van der Waals surface area contributed by atoms with Gasteiger partial charge in [0.15, 0.2) is 0 Å². The van der Waals surface area contributed by atoms with Gasteiger partial charge in [-0.3, -0.25) is 0 Å².